The number of hydrogen-bond donors (Lipinski definition) is 1. The number of amides is 2. The van der Waals surface area contributed by atoms with E-state index in [2.05, 4.69) is 4.98 Å². The second kappa shape index (κ2) is 6.82. The third-order valence-corrected chi connectivity index (χ3v) is 4.06. The van der Waals surface area contributed by atoms with Gasteiger partial charge in [0, 0.05) is 32.4 Å². The second-order valence-electron chi connectivity index (χ2n) is 5.65. The second-order valence-corrected chi connectivity index (χ2v) is 5.65. The Hall–Kier alpha value is -2.70. The van der Waals surface area contributed by atoms with E-state index < -0.39 is 17.5 Å². The molecule has 1 aliphatic rings. The van der Waals surface area contributed by atoms with Crippen molar-refractivity contribution in [2.24, 2.45) is 0 Å². The third kappa shape index (κ3) is 3.29. The molecule has 1 fully saturated rings. The van der Waals surface area contributed by atoms with Crippen LogP contribution in [0.5, 0.6) is 0 Å². The molecule has 126 valence electrons. The van der Waals surface area contributed by atoms with Crippen molar-refractivity contribution in [3.63, 3.8) is 0 Å². The lowest BCUT2D eigenvalue weighted by Gasteiger charge is -2.22. The van der Waals surface area contributed by atoms with Crippen molar-refractivity contribution >= 4 is 11.8 Å². The standard InChI is InChI=1S/C17H17F2N3O2/c18-12-4-5-14(19)13(11-12)16(23)21-7-2-8-22(10-9-21)17(24)15-3-1-6-20-15/h1,3-6,11,20H,2,7-10H2. The molecule has 7 heteroatoms. The van der Waals surface area contributed by atoms with Gasteiger partial charge in [0.15, 0.2) is 0 Å². The molecule has 0 spiro atoms. The van der Waals surface area contributed by atoms with Gasteiger partial charge in [0.05, 0.1) is 5.56 Å². The molecule has 5 nitrogen and oxygen atoms in total. The molecule has 1 aromatic heterocycles. The van der Waals surface area contributed by atoms with Crippen molar-refractivity contribution < 1.29 is 18.4 Å². The Morgan fingerprint density at radius 1 is 0.958 bits per heavy atom. The van der Waals surface area contributed by atoms with E-state index in [1.807, 2.05) is 0 Å². The van der Waals surface area contributed by atoms with Gasteiger partial charge in [-0.05, 0) is 36.8 Å². The molecule has 0 atom stereocenters. The fraction of sp³-hybridized carbons (Fsp3) is 0.294. The van der Waals surface area contributed by atoms with Gasteiger partial charge >= 0.3 is 0 Å². The average molecular weight is 333 g/mol. The lowest BCUT2D eigenvalue weighted by Crippen LogP contribution is -2.37. The summed E-state index contributed by atoms with van der Waals surface area (Å²) in [5, 5.41) is 0. The monoisotopic (exact) mass is 333 g/mol. The summed E-state index contributed by atoms with van der Waals surface area (Å²) in [5.41, 5.74) is 0.213. The molecule has 3 rings (SSSR count). The predicted octanol–water partition coefficient (Wildman–Crippen LogP) is 2.28. The highest BCUT2D eigenvalue weighted by Crippen LogP contribution is 2.15. The fourth-order valence-corrected chi connectivity index (χ4v) is 2.79. The Balaban J connectivity index is 1.70. The largest absolute Gasteiger partial charge is 0.357 e. The van der Waals surface area contributed by atoms with Gasteiger partial charge < -0.3 is 14.8 Å². The molecule has 1 N–H and O–H groups in total. The molecule has 1 aliphatic heterocycles. The summed E-state index contributed by atoms with van der Waals surface area (Å²) in [7, 11) is 0. The lowest BCUT2D eigenvalue weighted by atomic mass is 10.1. The molecule has 0 radical (unpaired) electrons. The van der Waals surface area contributed by atoms with E-state index in [-0.39, 0.29) is 18.0 Å². The lowest BCUT2D eigenvalue weighted by molar-refractivity contribution is 0.0713. The minimum absolute atomic E-state index is 0.133. The molecule has 1 saturated heterocycles. The maximum Gasteiger partial charge on any atom is 0.270 e. The van der Waals surface area contributed by atoms with E-state index in [1.165, 1.54) is 4.90 Å². The van der Waals surface area contributed by atoms with Crippen LogP contribution < -0.4 is 0 Å². The van der Waals surface area contributed by atoms with E-state index in [9.17, 15) is 18.4 Å². The summed E-state index contributed by atoms with van der Waals surface area (Å²) in [5.74, 6) is -2.09. The topological polar surface area (TPSA) is 56.4 Å². The van der Waals surface area contributed by atoms with Crippen LogP contribution in [0.1, 0.15) is 27.3 Å². The summed E-state index contributed by atoms with van der Waals surface area (Å²) in [6, 6.07) is 6.27. The number of carbonyl (C=O) groups excluding carboxylic acids is 2. The first-order valence-corrected chi connectivity index (χ1v) is 7.73. The van der Waals surface area contributed by atoms with Crippen molar-refractivity contribution in [3.8, 4) is 0 Å². The smallest absolute Gasteiger partial charge is 0.270 e. The number of rotatable bonds is 2. The highest BCUT2D eigenvalue weighted by molar-refractivity contribution is 5.95. The number of aromatic nitrogens is 1. The molecular weight excluding hydrogens is 316 g/mol. The maximum atomic E-state index is 13.8. The number of nitrogens with one attached hydrogen (secondary N) is 1. The van der Waals surface area contributed by atoms with Crippen LogP contribution in [0, 0.1) is 11.6 Å². The molecule has 0 aliphatic carbocycles. The van der Waals surface area contributed by atoms with Gasteiger partial charge in [-0.25, -0.2) is 8.78 Å². The molecule has 1 aromatic carbocycles. The summed E-state index contributed by atoms with van der Waals surface area (Å²) in [4.78, 5) is 30.8. The van der Waals surface area contributed by atoms with Crippen LogP contribution in [-0.4, -0.2) is 52.8 Å². The predicted molar refractivity (Wildman–Crippen MR) is 83.6 cm³/mol. The van der Waals surface area contributed by atoms with Crippen LogP contribution in [0.4, 0.5) is 8.78 Å². The van der Waals surface area contributed by atoms with Gasteiger partial charge in [-0.2, -0.15) is 0 Å². The Morgan fingerprint density at radius 3 is 2.33 bits per heavy atom. The van der Waals surface area contributed by atoms with E-state index in [0.717, 1.165) is 18.2 Å². The van der Waals surface area contributed by atoms with Crippen LogP contribution in [0.15, 0.2) is 36.5 Å². The Kier molecular flexibility index (Phi) is 4.59. The van der Waals surface area contributed by atoms with Crippen LogP contribution in [0.25, 0.3) is 0 Å². The van der Waals surface area contributed by atoms with Crippen LogP contribution in [-0.2, 0) is 0 Å². The van der Waals surface area contributed by atoms with Gasteiger partial charge in [-0.1, -0.05) is 0 Å². The summed E-state index contributed by atoms with van der Waals surface area (Å²) in [6.45, 7) is 1.53. The van der Waals surface area contributed by atoms with Gasteiger partial charge in [0.2, 0.25) is 0 Å². The number of halogens is 2. The van der Waals surface area contributed by atoms with E-state index in [4.69, 9.17) is 0 Å². The first-order chi connectivity index (χ1) is 11.6. The molecule has 2 heterocycles. The van der Waals surface area contributed by atoms with Gasteiger partial charge in [-0.15, -0.1) is 0 Å². The zero-order valence-corrected chi connectivity index (χ0v) is 13.0. The molecular formula is C17H17F2N3O2. The van der Waals surface area contributed by atoms with Gasteiger partial charge in [0.25, 0.3) is 11.8 Å². The quantitative estimate of drug-likeness (QED) is 0.917. The summed E-state index contributed by atoms with van der Waals surface area (Å²) in [6.07, 6.45) is 2.25. The van der Waals surface area contributed by atoms with Gasteiger partial charge in [-0.3, -0.25) is 9.59 Å². The first kappa shape index (κ1) is 16.2. The van der Waals surface area contributed by atoms with Crippen molar-refractivity contribution in [3.05, 3.63) is 59.4 Å². The molecule has 0 saturated carbocycles. The fourth-order valence-electron chi connectivity index (χ4n) is 2.79. The number of benzene rings is 1. The number of hydrogen-bond acceptors (Lipinski definition) is 2. The minimum Gasteiger partial charge on any atom is -0.357 e. The Bertz CT molecular complexity index is 746. The van der Waals surface area contributed by atoms with Gasteiger partial charge in [0.1, 0.15) is 17.3 Å². The highest BCUT2D eigenvalue weighted by Gasteiger charge is 2.25. The van der Waals surface area contributed by atoms with Crippen molar-refractivity contribution in [1.82, 2.24) is 14.8 Å². The van der Waals surface area contributed by atoms with E-state index in [0.29, 0.717) is 31.7 Å². The van der Waals surface area contributed by atoms with E-state index >= 15 is 0 Å². The molecule has 2 aromatic rings. The highest BCUT2D eigenvalue weighted by atomic mass is 19.1. The molecule has 0 unspecified atom stereocenters. The van der Waals surface area contributed by atoms with Crippen LogP contribution in [0.2, 0.25) is 0 Å². The zero-order chi connectivity index (χ0) is 17.1. The maximum absolute atomic E-state index is 13.8. The van der Waals surface area contributed by atoms with Crippen molar-refractivity contribution in [2.45, 2.75) is 6.42 Å². The zero-order valence-electron chi connectivity index (χ0n) is 13.0. The number of carbonyl (C=O) groups is 2. The molecule has 24 heavy (non-hydrogen) atoms. The van der Waals surface area contributed by atoms with Crippen LogP contribution in [0.3, 0.4) is 0 Å². The summed E-state index contributed by atoms with van der Waals surface area (Å²) < 4.78 is 27.1. The van der Waals surface area contributed by atoms with Crippen molar-refractivity contribution in [1.29, 1.82) is 0 Å². The SMILES string of the molecule is O=C(c1ccc[nH]1)N1CCCN(C(=O)c2cc(F)ccc2F)CC1. The number of nitrogens with zero attached hydrogens (tertiary/aromatic N) is 2. The average Bonchev–Trinajstić information content (AvgIpc) is 3.00. The molecule has 2 amide bonds. The first-order valence-electron chi connectivity index (χ1n) is 7.73. The van der Waals surface area contributed by atoms with Crippen LogP contribution >= 0.6 is 0 Å². The van der Waals surface area contributed by atoms with E-state index in [1.54, 1.807) is 23.2 Å². The Morgan fingerprint density at radius 2 is 1.67 bits per heavy atom. The normalized spacial score (nSPS) is 15.2. The number of aromatic amines is 1. The minimum atomic E-state index is -0.745. The third-order valence-electron chi connectivity index (χ3n) is 4.06. The Labute approximate surface area is 137 Å². The molecule has 0 bridgehead atoms. The number of H-pyrrole nitrogens is 1. The van der Waals surface area contributed by atoms with Crippen molar-refractivity contribution in [2.75, 3.05) is 26.2 Å². The summed E-state index contributed by atoms with van der Waals surface area (Å²) >= 11 is 0.